The summed E-state index contributed by atoms with van der Waals surface area (Å²) in [7, 11) is 0. The maximum absolute atomic E-state index is 15.9. The molecule has 0 radical (unpaired) electrons. The molecule has 0 N–H and O–H groups in total. The van der Waals surface area contributed by atoms with Gasteiger partial charge in [0.1, 0.15) is 0 Å². The van der Waals surface area contributed by atoms with Gasteiger partial charge >= 0.3 is 6.18 Å². The topological polar surface area (TPSA) is 84.6 Å². The Morgan fingerprint density at radius 2 is 0.827 bits per heavy atom. The van der Waals surface area contributed by atoms with E-state index < -0.39 is 11.7 Å². The van der Waals surface area contributed by atoms with Crippen molar-refractivity contribution in [1.29, 1.82) is 5.26 Å². The van der Waals surface area contributed by atoms with Gasteiger partial charge in [0.2, 0.25) is 0 Å². The van der Waals surface area contributed by atoms with Gasteiger partial charge in [0.05, 0.1) is 63.3 Å². The highest BCUT2D eigenvalue weighted by atomic mass is 19.4. The van der Waals surface area contributed by atoms with Crippen molar-refractivity contribution in [3.8, 4) is 102 Å². The summed E-state index contributed by atoms with van der Waals surface area (Å²) in [5, 5.41) is 11.5. The van der Waals surface area contributed by atoms with E-state index in [1.165, 1.54) is 12.1 Å². The highest BCUT2D eigenvalue weighted by molar-refractivity contribution is 6.13. The number of hydrogen-bond donors (Lipinski definition) is 0. The van der Waals surface area contributed by atoms with Crippen LogP contribution in [0.4, 0.5) is 18.9 Å². The zero-order valence-electron chi connectivity index (χ0n) is 39.7. The molecule has 0 saturated heterocycles. The fourth-order valence-electron chi connectivity index (χ4n) is 9.69. The molecule has 0 aliphatic heterocycles. The van der Waals surface area contributed by atoms with Crippen LogP contribution in [0.15, 0.2) is 231 Å². The van der Waals surface area contributed by atoms with Gasteiger partial charge < -0.3 is 4.57 Å². The number of hydrogen-bond acceptors (Lipinski definition) is 5. The third-order valence-corrected chi connectivity index (χ3v) is 13.3. The number of rotatable bonds is 9. The van der Waals surface area contributed by atoms with Crippen LogP contribution in [0.1, 0.15) is 11.1 Å². The van der Waals surface area contributed by atoms with Gasteiger partial charge in [-0.15, -0.1) is 0 Å². The zero-order chi connectivity index (χ0) is 51.0. The number of halogens is 3. The van der Waals surface area contributed by atoms with E-state index in [1.54, 1.807) is 24.3 Å². The Kier molecular flexibility index (Phi) is 11.6. The van der Waals surface area contributed by atoms with Crippen LogP contribution in [0.5, 0.6) is 0 Å². The summed E-state index contributed by atoms with van der Waals surface area (Å²) in [6.45, 7) is 7.77. The fourth-order valence-corrected chi connectivity index (χ4v) is 9.69. The van der Waals surface area contributed by atoms with Crippen molar-refractivity contribution in [1.82, 2.24) is 24.5 Å². The molecule has 0 amide bonds. The summed E-state index contributed by atoms with van der Waals surface area (Å²) in [6, 6.07) is 72.8. The van der Waals surface area contributed by atoms with Crippen molar-refractivity contribution >= 4 is 27.5 Å². The zero-order valence-corrected chi connectivity index (χ0v) is 39.7. The first-order valence-electron chi connectivity index (χ1n) is 24.0. The first kappa shape index (κ1) is 45.8. The van der Waals surface area contributed by atoms with Crippen LogP contribution in [0, 0.1) is 17.9 Å². The lowest BCUT2D eigenvalue weighted by atomic mass is 9.95. The van der Waals surface area contributed by atoms with Gasteiger partial charge in [0.15, 0.2) is 17.3 Å². The van der Waals surface area contributed by atoms with Crippen molar-refractivity contribution in [3.05, 3.63) is 253 Å². The largest absolute Gasteiger partial charge is 0.416 e. The molecule has 0 atom stereocenters. The minimum Gasteiger partial charge on any atom is -0.308 e. The van der Waals surface area contributed by atoms with Crippen LogP contribution < -0.4 is 0 Å². The molecule has 0 spiro atoms. The second-order valence-electron chi connectivity index (χ2n) is 18.0. The quantitative estimate of drug-likeness (QED) is 0.135. The lowest BCUT2D eigenvalue weighted by molar-refractivity contribution is -0.137. The maximum Gasteiger partial charge on any atom is 0.416 e. The molecule has 3 heterocycles. The smallest absolute Gasteiger partial charge is 0.308 e. The Bertz CT molecular complexity index is 3860. The second kappa shape index (κ2) is 19.0. The van der Waals surface area contributed by atoms with Gasteiger partial charge in [-0.1, -0.05) is 164 Å². The van der Waals surface area contributed by atoms with Gasteiger partial charge in [-0.3, -0.25) is 0 Å². The van der Waals surface area contributed by atoms with E-state index in [-0.39, 0.29) is 22.5 Å². The number of nitriles is 1. The van der Waals surface area contributed by atoms with E-state index in [0.29, 0.717) is 62.1 Å². The Labute approximate surface area is 429 Å². The fraction of sp³-hybridized carbons (Fsp3) is 0.0154. The molecule has 75 heavy (non-hydrogen) atoms. The van der Waals surface area contributed by atoms with Crippen LogP contribution in [-0.2, 0) is 6.18 Å². The number of alkyl halides is 3. The van der Waals surface area contributed by atoms with E-state index in [2.05, 4.69) is 23.0 Å². The predicted molar refractivity (Wildman–Crippen MR) is 291 cm³/mol. The molecule has 9 aromatic carbocycles. The number of aromatic nitrogens is 5. The third kappa shape index (κ3) is 8.84. The van der Waals surface area contributed by atoms with E-state index in [1.807, 2.05) is 187 Å². The van der Waals surface area contributed by atoms with Crippen LogP contribution in [0.25, 0.3) is 122 Å². The van der Waals surface area contributed by atoms with Gasteiger partial charge in [0, 0.05) is 44.2 Å². The molecule has 0 aliphatic rings. The molecule has 0 aliphatic carbocycles. The maximum atomic E-state index is 15.9. The summed E-state index contributed by atoms with van der Waals surface area (Å²) in [5.74, 6) is 0.656. The molecule has 0 unspecified atom stereocenters. The van der Waals surface area contributed by atoms with Crippen LogP contribution in [-0.4, -0.2) is 24.5 Å². The summed E-state index contributed by atoms with van der Waals surface area (Å²) < 4.78 is 49.9. The summed E-state index contributed by atoms with van der Waals surface area (Å²) in [5.41, 5.74) is 9.89. The number of benzene rings is 9. The molecule has 10 heteroatoms. The average molecular weight is 974 g/mol. The van der Waals surface area contributed by atoms with E-state index in [0.717, 1.165) is 44.2 Å². The SMILES string of the molecule is [C-]#[N+]c1cccc(-c2ccc3c(c2)c2cc(-c4cccc(C#N)c4)ccc2n3-c2c(-c3cc(-c4ccccc4)nc(-c4ccccc4)n3)cc(C(F)(F)F)cc2-c2cc(-c3ccccc3)nc(-c3ccccc3)n2)c1. The summed E-state index contributed by atoms with van der Waals surface area (Å²) >= 11 is 0. The van der Waals surface area contributed by atoms with E-state index >= 15 is 13.2 Å². The van der Waals surface area contributed by atoms with Gasteiger partial charge in [-0.05, 0) is 89.0 Å². The van der Waals surface area contributed by atoms with Gasteiger partial charge in [-0.25, -0.2) is 24.8 Å². The molecule has 354 valence electrons. The molecule has 12 aromatic rings. The third-order valence-electron chi connectivity index (χ3n) is 13.3. The van der Waals surface area contributed by atoms with Crippen molar-refractivity contribution in [2.45, 2.75) is 6.18 Å². The Morgan fingerprint density at radius 1 is 0.413 bits per heavy atom. The van der Waals surface area contributed by atoms with E-state index in [4.69, 9.17) is 26.5 Å². The molecule has 7 nitrogen and oxygen atoms in total. The van der Waals surface area contributed by atoms with Crippen molar-refractivity contribution < 1.29 is 13.2 Å². The highest BCUT2D eigenvalue weighted by Gasteiger charge is 2.35. The summed E-state index contributed by atoms with van der Waals surface area (Å²) in [6.07, 6.45) is -4.82. The lowest BCUT2D eigenvalue weighted by Crippen LogP contribution is -2.10. The highest BCUT2D eigenvalue weighted by Crippen LogP contribution is 2.47. The molecule has 0 bridgehead atoms. The second-order valence-corrected chi connectivity index (χ2v) is 18.0. The van der Waals surface area contributed by atoms with Gasteiger partial charge in [-0.2, -0.15) is 18.4 Å². The first-order valence-corrected chi connectivity index (χ1v) is 24.0. The minimum absolute atomic E-state index is 0.177. The van der Waals surface area contributed by atoms with Crippen LogP contribution in [0.2, 0.25) is 0 Å². The summed E-state index contributed by atoms with van der Waals surface area (Å²) in [4.78, 5) is 24.1. The normalized spacial score (nSPS) is 11.4. The molecule has 0 saturated carbocycles. The first-order chi connectivity index (χ1) is 36.7. The molecule has 0 fully saturated rings. The lowest BCUT2D eigenvalue weighted by Gasteiger charge is -2.22. The molecular weight excluding hydrogens is 936 g/mol. The Morgan fingerprint density at radius 3 is 1.28 bits per heavy atom. The number of fused-ring (bicyclic) bond motifs is 3. The van der Waals surface area contributed by atoms with Crippen molar-refractivity contribution in [3.63, 3.8) is 0 Å². The molecule has 3 aromatic heterocycles. The monoisotopic (exact) mass is 973 g/mol. The molecule has 12 rings (SSSR count). The Hall–Kier alpha value is -10.3. The van der Waals surface area contributed by atoms with E-state index in [9.17, 15) is 5.26 Å². The standard InChI is InChI=1S/C65H38F3N7/c1-70-51-27-15-26-47(33-51)49-29-31-61-53(35-49)52-34-48(46-25-14-16-41(32-46)40-69)28-30-60(52)75(61)62-54(58-38-56(42-17-6-2-7-18-42)71-63(73-58)44-21-10-4-11-22-44)36-50(65(66,67)68)37-55(62)59-39-57(43-19-8-3-9-20-43)72-64(74-59)45-23-12-5-13-24-45/h2-39H. The average Bonchev–Trinajstić information content (AvgIpc) is 3.81. The van der Waals surface area contributed by atoms with Crippen molar-refractivity contribution in [2.24, 2.45) is 0 Å². The van der Waals surface area contributed by atoms with Gasteiger partial charge in [0.25, 0.3) is 0 Å². The van der Waals surface area contributed by atoms with Crippen molar-refractivity contribution in [2.75, 3.05) is 0 Å². The van der Waals surface area contributed by atoms with Crippen LogP contribution in [0.3, 0.4) is 0 Å². The number of nitrogens with zero attached hydrogens (tertiary/aromatic N) is 7. The molecular formula is C65H38F3N7. The Balaban J connectivity index is 1.25. The minimum atomic E-state index is -4.82. The van der Waals surface area contributed by atoms with Crippen LogP contribution >= 0.6 is 0 Å². The predicted octanol–water partition coefficient (Wildman–Crippen LogP) is 17.1.